The van der Waals surface area contributed by atoms with Gasteiger partial charge in [-0.3, -0.25) is 9.13 Å². The van der Waals surface area contributed by atoms with Gasteiger partial charge in [-0.2, -0.15) is 15.0 Å². The highest BCUT2D eigenvalue weighted by Gasteiger charge is 2.38. The molecule has 5 aromatic heterocycles. The molecule has 0 saturated heterocycles. The molecule has 222 valence electrons. The Kier molecular flexibility index (Phi) is 5.21. The van der Waals surface area contributed by atoms with E-state index in [-0.39, 0.29) is 5.41 Å². The van der Waals surface area contributed by atoms with Crippen molar-refractivity contribution in [3.8, 4) is 34.4 Å². The number of hydrogen-bond acceptors (Lipinski definition) is 5. The summed E-state index contributed by atoms with van der Waals surface area (Å²) in [5.74, 6) is 1.61. The maximum atomic E-state index is 5.29. The van der Waals surface area contributed by atoms with E-state index in [0.29, 0.717) is 17.7 Å². The van der Waals surface area contributed by atoms with Crippen LogP contribution in [0.25, 0.3) is 78.3 Å². The fourth-order valence-corrected chi connectivity index (χ4v) is 7.71. The number of para-hydroxylation sites is 2. The summed E-state index contributed by atoms with van der Waals surface area (Å²) in [4.78, 5) is 25.5. The van der Waals surface area contributed by atoms with Crippen molar-refractivity contribution in [1.82, 2.24) is 34.1 Å². The molecule has 5 heterocycles. The summed E-state index contributed by atoms with van der Waals surface area (Å²) in [6.07, 6.45) is 3.64. The van der Waals surface area contributed by atoms with Gasteiger partial charge >= 0.3 is 0 Å². The fraction of sp³-hybridized carbons (Fsp3) is 0.0750. The molecule has 4 aromatic carbocycles. The molecule has 0 amide bonds. The zero-order valence-corrected chi connectivity index (χ0v) is 25.8. The number of hydrogen-bond donors (Lipinski definition) is 0. The lowest BCUT2D eigenvalue weighted by atomic mass is 9.80. The molecule has 0 fully saturated rings. The smallest absolute Gasteiger partial charge is 0.241 e. The van der Waals surface area contributed by atoms with Gasteiger partial charge in [-0.1, -0.05) is 92.7 Å². The molecule has 0 unspecified atom stereocenters. The Morgan fingerprint density at radius 1 is 0.468 bits per heavy atom. The maximum absolute atomic E-state index is 5.29. The van der Waals surface area contributed by atoms with Gasteiger partial charge in [0.2, 0.25) is 11.9 Å². The lowest BCUT2D eigenvalue weighted by molar-refractivity contribution is 0.661. The Hall–Kier alpha value is -6.21. The Balaban J connectivity index is 1.34. The molecule has 1 aliphatic rings. The van der Waals surface area contributed by atoms with Crippen LogP contribution in [0.15, 0.2) is 128 Å². The van der Waals surface area contributed by atoms with Crippen molar-refractivity contribution in [2.75, 3.05) is 0 Å². The van der Waals surface area contributed by atoms with E-state index in [1.807, 2.05) is 36.7 Å². The first-order valence-electron chi connectivity index (χ1n) is 15.8. The van der Waals surface area contributed by atoms with Crippen LogP contribution in [0.3, 0.4) is 0 Å². The van der Waals surface area contributed by atoms with Crippen LogP contribution in [0.2, 0.25) is 0 Å². The van der Waals surface area contributed by atoms with Crippen molar-refractivity contribution < 1.29 is 0 Å². The Morgan fingerprint density at radius 2 is 0.979 bits per heavy atom. The summed E-state index contributed by atoms with van der Waals surface area (Å²) >= 11 is 0. The highest BCUT2D eigenvalue weighted by Crippen LogP contribution is 2.51. The second kappa shape index (κ2) is 9.40. The van der Waals surface area contributed by atoms with Crippen LogP contribution in [0.1, 0.15) is 25.0 Å². The summed E-state index contributed by atoms with van der Waals surface area (Å²) in [6, 6.07) is 39.9. The van der Waals surface area contributed by atoms with E-state index >= 15 is 0 Å². The SMILES string of the molecule is CC1(C)c2ccccc2-c2cccc(-c3nc(-n4c5ccccc5c5cccnc54)nc(-n4c5ccccc5c5cccnc54)n3)c21. The molecule has 7 heteroatoms. The molecule has 0 bridgehead atoms. The first-order valence-corrected chi connectivity index (χ1v) is 15.8. The third kappa shape index (κ3) is 3.53. The lowest BCUT2D eigenvalue weighted by Crippen LogP contribution is -2.17. The van der Waals surface area contributed by atoms with Gasteiger partial charge in [-0.25, -0.2) is 9.97 Å². The first kappa shape index (κ1) is 26.1. The summed E-state index contributed by atoms with van der Waals surface area (Å²) in [5.41, 5.74) is 9.26. The largest absolute Gasteiger partial charge is 0.262 e. The van der Waals surface area contributed by atoms with E-state index in [9.17, 15) is 0 Å². The second-order valence-corrected chi connectivity index (χ2v) is 12.6. The monoisotopic (exact) mass is 605 g/mol. The number of pyridine rings is 2. The molecular weight excluding hydrogens is 578 g/mol. The van der Waals surface area contributed by atoms with Gasteiger partial charge in [0.15, 0.2) is 5.82 Å². The minimum atomic E-state index is -0.252. The Morgan fingerprint density at radius 3 is 1.62 bits per heavy atom. The van der Waals surface area contributed by atoms with Gasteiger partial charge in [-0.15, -0.1) is 0 Å². The third-order valence-corrected chi connectivity index (χ3v) is 9.70. The van der Waals surface area contributed by atoms with E-state index in [1.54, 1.807) is 0 Å². The van der Waals surface area contributed by atoms with Crippen molar-refractivity contribution in [2.45, 2.75) is 19.3 Å². The zero-order valence-electron chi connectivity index (χ0n) is 25.8. The van der Waals surface area contributed by atoms with Crippen molar-refractivity contribution >= 4 is 43.9 Å². The van der Waals surface area contributed by atoms with Gasteiger partial charge in [0.25, 0.3) is 0 Å². The van der Waals surface area contributed by atoms with Gasteiger partial charge in [0.1, 0.15) is 11.3 Å². The van der Waals surface area contributed by atoms with E-state index in [4.69, 9.17) is 24.9 Å². The van der Waals surface area contributed by atoms with Crippen LogP contribution < -0.4 is 0 Å². The Labute approximate surface area is 269 Å². The Bertz CT molecular complexity index is 2490. The summed E-state index contributed by atoms with van der Waals surface area (Å²) < 4.78 is 4.12. The molecule has 0 radical (unpaired) electrons. The quantitative estimate of drug-likeness (QED) is 0.201. The van der Waals surface area contributed by atoms with Crippen molar-refractivity contribution in [3.05, 3.63) is 139 Å². The van der Waals surface area contributed by atoms with Crippen LogP contribution in [-0.2, 0) is 5.41 Å². The minimum Gasteiger partial charge on any atom is -0.262 e. The van der Waals surface area contributed by atoms with Gasteiger partial charge in [0, 0.05) is 44.9 Å². The minimum absolute atomic E-state index is 0.252. The van der Waals surface area contributed by atoms with Gasteiger partial charge < -0.3 is 0 Å². The summed E-state index contributed by atoms with van der Waals surface area (Å²) in [7, 11) is 0. The zero-order chi connectivity index (χ0) is 31.3. The molecular formula is C40H27N7. The second-order valence-electron chi connectivity index (χ2n) is 12.6. The van der Waals surface area contributed by atoms with E-state index in [0.717, 1.165) is 49.4 Å². The number of benzene rings is 4. The van der Waals surface area contributed by atoms with Crippen LogP contribution in [0, 0.1) is 0 Å². The lowest BCUT2D eigenvalue weighted by Gasteiger charge is -2.24. The topological polar surface area (TPSA) is 74.3 Å². The maximum Gasteiger partial charge on any atom is 0.241 e. The number of fused-ring (bicyclic) bond motifs is 9. The van der Waals surface area contributed by atoms with Crippen LogP contribution in [0.5, 0.6) is 0 Å². The van der Waals surface area contributed by atoms with Gasteiger partial charge in [-0.05, 0) is 58.7 Å². The molecule has 0 saturated carbocycles. The number of aromatic nitrogens is 7. The highest BCUT2D eigenvalue weighted by atomic mass is 15.3. The average molecular weight is 606 g/mol. The molecule has 0 atom stereocenters. The normalized spacial score (nSPS) is 13.5. The predicted molar refractivity (Wildman–Crippen MR) is 187 cm³/mol. The van der Waals surface area contributed by atoms with Crippen molar-refractivity contribution in [2.24, 2.45) is 0 Å². The highest BCUT2D eigenvalue weighted by molar-refractivity contribution is 6.08. The number of nitrogens with zero attached hydrogens (tertiary/aromatic N) is 7. The summed E-state index contributed by atoms with van der Waals surface area (Å²) in [5, 5.41) is 4.27. The fourth-order valence-electron chi connectivity index (χ4n) is 7.71. The standard InChI is InChI=1S/C40H27N7/c1-40(2)31-19-6-3-12-24(31)27-15-9-16-30(34(27)40)35-43-38(46-32-20-7-4-13-25(32)28-17-10-22-41-36(28)46)45-39(44-35)47-33-21-8-5-14-26(33)29-18-11-23-42-37(29)47/h3-23H,1-2H3. The van der Waals surface area contributed by atoms with Crippen LogP contribution >= 0.6 is 0 Å². The van der Waals surface area contributed by atoms with E-state index in [2.05, 4.69) is 114 Å². The average Bonchev–Trinajstić information content (AvgIpc) is 3.72. The van der Waals surface area contributed by atoms with E-state index in [1.165, 1.54) is 22.3 Å². The van der Waals surface area contributed by atoms with Gasteiger partial charge in [0.05, 0.1) is 11.0 Å². The van der Waals surface area contributed by atoms with Crippen LogP contribution in [-0.4, -0.2) is 34.1 Å². The molecule has 10 rings (SSSR count). The molecule has 0 aliphatic heterocycles. The molecule has 7 nitrogen and oxygen atoms in total. The van der Waals surface area contributed by atoms with E-state index < -0.39 is 0 Å². The van der Waals surface area contributed by atoms with Crippen molar-refractivity contribution in [1.29, 1.82) is 0 Å². The molecule has 0 N–H and O–H groups in total. The van der Waals surface area contributed by atoms with Crippen LogP contribution in [0.4, 0.5) is 0 Å². The molecule has 0 spiro atoms. The summed E-state index contributed by atoms with van der Waals surface area (Å²) in [6.45, 7) is 4.58. The number of rotatable bonds is 3. The molecule has 1 aliphatic carbocycles. The third-order valence-electron chi connectivity index (χ3n) is 9.70. The molecule has 47 heavy (non-hydrogen) atoms. The predicted octanol–water partition coefficient (Wildman–Crippen LogP) is 8.83. The molecule has 9 aromatic rings. The van der Waals surface area contributed by atoms with Crippen molar-refractivity contribution in [3.63, 3.8) is 0 Å². The first-order chi connectivity index (χ1) is 23.1.